The van der Waals surface area contributed by atoms with Crippen LogP contribution in [0.5, 0.6) is 0 Å². The standard InChI is InChI=1S/C17H16N4O4/c1-9-7-12(21(24)25)4-5-13(9)16(22)18-10(2)11-3-6-14-15(8-11)20-17(23)19-14/h3-8,10H,1-2H3,(H,18,22)(H2,19,20,23)/t10-/m0/s1. The van der Waals surface area contributed by atoms with Gasteiger partial charge in [-0.2, -0.15) is 0 Å². The van der Waals surface area contributed by atoms with Crippen molar-refractivity contribution in [2.75, 3.05) is 0 Å². The highest BCUT2D eigenvalue weighted by Gasteiger charge is 2.16. The maximum Gasteiger partial charge on any atom is 0.323 e. The van der Waals surface area contributed by atoms with Gasteiger partial charge in [-0.1, -0.05) is 6.07 Å². The van der Waals surface area contributed by atoms with E-state index in [9.17, 15) is 19.7 Å². The number of nitro groups is 1. The van der Waals surface area contributed by atoms with Gasteiger partial charge >= 0.3 is 5.69 Å². The average molecular weight is 340 g/mol. The van der Waals surface area contributed by atoms with E-state index >= 15 is 0 Å². The molecule has 1 aromatic heterocycles. The maximum atomic E-state index is 12.5. The normalized spacial score (nSPS) is 12.1. The summed E-state index contributed by atoms with van der Waals surface area (Å²) in [5.74, 6) is -0.317. The molecule has 0 saturated carbocycles. The van der Waals surface area contributed by atoms with Crippen LogP contribution in [0.4, 0.5) is 5.69 Å². The van der Waals surface area contributed by atoms with E-state index in [0.717, 1.165) is 5.56 Å². The lowest BCUT2D eigenvalue weighted by molar-refractivity contribution is -0.384. The average Bonchev–Trinajstić information content (AvgIpc) is 2.93. The highest BCUT2D eigenvalue weighted by atomic mass is 16.6. The SMILES string of the molecule is Cc1cc([N+](=O)[O-])ccc1C(=O)N[C@@H](C)c1ccc2[nH]c(=O)[nH]c2c1. The molecule has 0 aliphatic carbocycles. The van der Waals surface area contributed by atoms with Crippen molar-refractivity contribution in [1.29, 1.82) is 0 Å². The second kappa shape index (κ2) is 6.23. The molecule has 0 fully saturated rings. The predicted molar refractivity (Wildman–Crippen MR) is 92.6 cm³/mol. The Labute approximate surface area is 142 Å². The molecule has 8 nitrogen and oxygen atoms in total. The first-order chi connectivity index (χ1) is 11.8. The summed E-state index contributed by atoms with van der Waals surface area (Å²) in [7, 11) is 0. The second-order valence-electron chi connectivity index (χ2n) is 5.84. The first-order valence-electron chi connectivity index (χ1n) is 7.63. The van der Waals surface area contributed by atoms with Crippen molar-refractivity contribution in [2.24, 2.45) is 0 Å². The number of nitro benzene ring substituents is 1. The van der Waals surface area contributed by atoms with Crippen molar-refractivity contribution in [3.8, 4) is 0 Å². The second-order valence-corrected chi connectivity index (χ2v) is 5.84. The lowest BCUT2D eigenvalue weighted by Gasteiger charge is -2.15. The van der Waals surface area contributed by atoms with Crippen LogP contribution in [0, 0.1) is 17.0 Å². The number of H-pyrrole nitrogens is 2. The minimum atomic E-state index is -0.496. The molecule has 0 spiro atoms. The minimum absolute atomic E-state index is 0.0519. The Morgan fingerprint density at radius 1 is 1.16 bits per heavy atom. The third-order valence-electron chi connectivity index (χ3n) is 4.05. The molecule has 0 saturated heterocycles. The van der Waals surface area contributed by atoms with Crippen molar-refractivity contribution in [1.82, 2.24) is 15.3 Å². The number of aromatic nitrogens is 2. The molecular weight excluding hydrogens is 324 g/mol. The van der Waals surface area contributed by atoms with E-state index in [0.29, 0.717) is 22.2 Å². The Hall–Kier alpha value is -3.42. The molecule has 1 amide bonds. The summed E-state index contributed by atoms with van der Waals surface area (Å²) in [5, 5.41) is 13.6. The van der Waals surface area contributed by atoms with Gasteiger partial charge in [0.05, 0.1) is 22.0 Å². The molecule has 0 unspecified atom stereocenters. The third-order valence-corrected chi connectivity index (χ3v) is 4.05. The maximum absolute atomic E-state index is 12.5. The van der Waals surface area contributed by atoms with Gasteiger partial charge in [0.1, 0.15) is 0 Å². The van der Waals surface area contributed by atoms with Gasteiger partial charge in [-0.05, 0) is 43.2 Å². The summed E-state index contributed by atoms with van der Waals surface area (Å²) in [4.78, 5) is 39.4. The minimum Gasteiger partial charge on any atom is -0.346 e. The molecule has 0 aliphatic rings. The van der Waals surface area contributed by atoms with E-state index in [4.69, 9.17) is 0 Å². The van der Waals surface area contributed by atoms with Gasteiger partial charge in [0.15, 0.2) is 0 Å². The zero-order valence-corrected chi connectivity index (χ0v) is 13.6. The summed E-state index contributed by atoms with van der Waals surface area (Å²) in [6.07, 6.45) is 0. The fourth-order valence-corrected chi connectivity index (χ4v) is 2.69. The summed E-state index contributed by atoms with van der Waals surface area (Å²) in [6, 6.07) is 9.20. The molecule has 2 aromatic carbocycles. The summed E-state index contributed by atoms with van der Waals surface area (Å²) in [5.41, 5.74) is 2.76. The number of fused-ring (bicyclic) bond motifs is 1. The lowest BCUT2D eigenvalue weighted by atomic mass is 10.0. The zero-order chi connectivity index (χ0) is 18.1. The van der Waals surface area contributed by atoms with E-state index in [1.54, 1.807) is 19.1 Å². The zero-order valence-electron chi connectivity index (χ0n) is 13.6. The number of nitrogens with one attached hydrogen (secondary N) is 3. The number of hydrogen-bond donors (Lipinski definition) is 3. The van der Waals surface area contributed by atoms with Gasteiger partial charge in [-0.3, -0.25) is 14.9 Å². The van der Waals surface area contributed by atoms with Gasteiger partial charge < -0.3 is 15.3 Å². The number of carbonyl (C=O) groups excluding carboxylic acids is 1. The number of aromatic amines is 2. The Balaban J connectivity index is 1.81. The fourth-order valence-electron chi connectivity index (χ4n) is 2.69. The number of rotatable bonds is 4. The third kappa shape index (κ3) is 3.27. The van der Waals surface area contributed by atoms with Crippen molar-refractivity contribution < 1.29 is 9.72 Å². The van der Waals surface area contributed by atoms with Crippen LogP contribution in [-0.2, 0) is 0 Å². The molecule has 8 heteroatoms. The Bertz CT molecular complexity index is 1030. The molecule has 3 aromatic rings. The Morgan fingerprint density at radius 2 is 1.88 bits per heavy atom. The highest BCUT2D eigenvalue weighted by Crippen LogP contribution is 2.20. The molecule has 3 rings (SSSR count). The van der Waals surface area contributed by atoms with Crippen molar-refractivity contribution in [3.63, 3.8) is 0 Å². The fraction of sp³-hybridized carbons (Fsp3) is 0.176. The number of imidazole rings is 1. The molecule has 25 heavy (non-hydrogen) atoms. The monoisotopic (exact) mass is 340 g/mol. The first-order valence-corrected chi connectivity index (χ1v) is 7.63. The van der Waals surface area contributed by atoms with Crippen molar-refractivity contribution in [2.45, 2.75) is 19.9 Å². The van der Waals surface area contributed by atoms with Crippen LogP contribution in [0.1, 0.15) is 34.5 Å². The van der Waals surface area contributed by atoms with E-state index in [-0.39, 0.29) is 23.3 Å². The van der Waals surface area contributed by atoms with E-state index in [1.165, 1.54) is 18.2 Å². The van der Waals surface area contributed by atoms with Crippen LogP contribution < -0.4 is 11.0 Å². The van der Waals surface area contributed by atoms with Crippen LogP contribution in [0.15, 0.2) is 41.2 Å². The number of carbonyl (C=O) groups is 1. The van der Waals surface area contributed by atoms with Crippen molar-refractivity contribution in [3.05, 3.63) is 73.7 Å². The number of benzene rings is 2. The van der Waals surface area contributed by atoms with Crippen molar-refractivity contribution >= 4 is 22.6 Å². The predicted octanol–water partition coefficient (Wildman–Crippen LogP) is 2.56. The molecule has 0 aliphatic heterocycles. The number of non-ortho nitro benzene ring substituents is 1. The van der Waals surface area contributed by atoms with Crippen LogP contribution in [-0.4, -0.2) is 20.8 Å². The number of nitrogens with zero attached hydrogens (tertiary/aromatic N) is 1. The van der Waals surface area contributed by atoms with Gasteiger partial charge in [-0.25, -0.2) is 4.79 Å². The molecule has 3 N–H and O–H groups in total. The van der Waals surface area contributed by atoms with Gasteiger partial charge in [0.25, 0.3) is 11.6 Å². The summed E-state index contributed by atoms with van der Waals surface area (Å²) >= 11 is 0. The number of aryl methyl sites for hydroxylation is 1. The summed E-state index contributed by atoms with van der Waals surface area (Å²) < 4.78 is 0. The van der Waals surface area contributed by atoms with Gasteiger partial charge in [-0.15, -0.1) is 0 Å². The Kier molecular flexibility index (Phi) is 4.10. The van der Waals surface area contributed by atoms with E-state index in [1.807, 2.05) is 13.0 Å². The number of amides is 1. The van der Waals surface area contributed by atoms with Gasteiger partial charge in [0.2, 0.25) is 0 Å². The molecule has 0 radical (unpaired) electrons. The Morgan fingerprint density at radius 3 is 2.56 bits per heavy atom. The molecule has 0 bridgehead atoms. The molecule has 128 valence electrons. The van der Waals surface area contributed by atoms with Crippen LogP contribution in [0.3, 0.4) is 0 Å². The number of hydrogen-bond acceptors (Lipinski definition) is 4. The summed E-state index contributed by atoms with van der Waals surface area (Å²) in [6.45, 7) is 3.48. The molecule has 1 atom stereocenters. The van der Waals surface area contributed by atoms with E-state index in [2.05, 4.69) is 15.3 Å². The lowest BCUT2D eigenvalue weighted by Crippen LogP contribution is -2.27. The van der Waals surface area contributed by atoms with Gasteiger partial charge in [0, 0.05) is 17.7 Å². The van der Waals surface area contributed by atoms with Crippen LogP contribution >= 0.6 is 0 Å². The molecular formula is C17H16N4O4. The molecule has 1 heterocycles. The van der Waals surface area contributed by atoms with Crippen LogP contribution in [0.25, 0.3) is 11.0 Å². The first kappa shape index (κ1) is 16.4. The topological polar surface area (TPSA) is 121 Å². The van der Waals surface area contributed by atoms with Crippen LogP contribution in [0.2, 0.25) is 0 Å². The largest absolute Gasteiger partial charge is 0.346 e. The highest BCUT2D eigenvalue weighted by molar-refractivity contribution is 5.96. The smallest absolute Gasteiger partial charge is 0.323 e. The van der Waals surface area contributed by atoms with E-state index < -0.39 is 4.92 Å². The quantitative estimate of drug-likeness (QED) is 0.499.